The van der Waals surface area contributed by atoms with Crippen LogP contribution in [0.4, 0.5) is 4.39 Å². The minimum absolute atomic E-state index is 0.0963. The second kappa shape index (κ2) is 6.43. The average molecular weight is 262 g/mol. The normalized spacial score (nSPS) is 12.6. The summed E-state index contributed by atoms with van der Waals surface area (Å²) >= 11 is 0. The van der Waals surface area contributed by atoms with Gasteiger partial charge in [0.25, 0.3) is 0 Å². The third-order valence-electron chi connectivity index (χ3n) is 3.15. The van der Waals surface area contributed by atoms with Crippen LogP contribution < -0.4 is 5.32 Å². The number of nitrogens with zero attached hydrogens (tertiary/aromatic N) is 3. The lowest BCUT2D eigenvalue weighted by Gasteiger charge is -2.17. The molecule has 1 aromatic carbocycles. The molecule has 1 aromatic heterocycles. The molecule has 2 rings (SSSR count). The lowest BCUT2D eigenvalue weighted by molar-refractivity contribution is 0.496. The number of rotatable bonds is 6. The Balaban J connectivity index is 2.19. The van der Waals surface area contributed by atoms with Crippen molar-refractivity contribution in [1.29, 1.82) is 0 Å². The third kappa shape index (κ3) is 3.17. The van der Waals surface area contributed by atoms with Gasteiger partial charge in [-0.1, -0.05) is 25.1 Å². The summed E-state index contributed by atoms with van der Waals surface area (Å²) in [5.74, 6) is 0.688. The molecule has 0 radical (unpaired) electrons. The van der Waals surface area contributed by atoms with Crippen LogP contribution in [0.1, 0.15) is 30.8 Å². The Morgan fingerprint density at radius 1 is 1.37 bits per heavy atom. The van der Waals surface area contributed by atoms with Gasteiger partial charge in [0.05, 0.1) is 0 Å². The van der Waals surface area contributed by atoms with Crippen LogP contribution in [0.2, 0.25) is 0 Å². The van der Waals surface area contributed by atoms with Crippen LogP contribution in [0.25, 0.3) is 0 Å². The second-order valence-electron chi connectivity index (χ2n) is 4.47. The molecular weight excluding hydrogens is 243 g/mol. The zero-order valence-corrected chi connectivity index (χ0v) is 11.3. The van der Waals surface area contributed by atoms with E-state index in [1.807, 2.05) is 17.8 Å². The molecule has 5 heteroatoms. The maximum Gasteiger partial charge on any atom is 0.138 e. The van der Waals surface area contributed by atoms with Crippen LogP contribution in [0, 0.1) is 5.82 Å². The smallest absolute Gasteiger partial charge is 0.138 e. The molecule has 0 spiro atoms. The molecule has 0 amide bonds. The van der Waals surface area contributed by atoms with Crippen molar-refractivity contribution in [2.45, 2.75) is 32.4 Å². The van der Waals surface area contributed by atoms with E-state index in [-0.39, 0.29) is 11.9 Å². The summed E-state index contributed by atoms with van der Waals surface area (Å²) in [5.41, 5.74) is 0.663. The fraction of sp³-hybridized carbons (Fsp3) is 0.429. The van der Waals surface area contributed by atoms with Crippen molar-refractivity contribution in [1.82, 2.24) is 20.1 Å². The SMILES string of the molecule is CCCn1ncnc1CC(NC)c1ccccc1F. The molecule has 1 heterocycles. The minimum atomic E-state index is -0.191. The Hall–Kier alpha value is -1.75. The molecule has 102 valence electrons. The molecule has 1 atom stereocenters. The van der Waals surface area contributed by atoms with Crippen LogP contribution in [0.15, 0.2) is 30.6 Å². The molecule has 0 saturated heterocycles. The van der Waals surface area contributed by atoms with E-state index in [0.717, 1.165) is 18.8 Å². The highest BCUT2D eigenvalue weighted by Gasteiger charge is 2.17. The van der Waals surface area contributed by atoms with E-state index in [4.69, 9.17) is 0 Å². The van der Waals surface area contributed by atoms with E-state index in [1.165, 1.54) is 6.07 Å². The Bertz CT molecular complexity index is 524. The van der Waals surface area contributed by atoms with Crippen LogP contribution >= 0.6 is 0 Å². The maximum atomic E-state index is 13.8. The van der Waals surface area contributed by atoms with Gasteiger partial charge in [0.1, 0.15) is 18.0 Å². The van der Waals surface area contributed by atoms with Gasteiger partial charge in [-0.15, -0.1) is 0 Å². The fourth-order valence-corrected chi connectivity index (χ4v) is 2.15. The molecule has 0 aliphatic rings. The van der Waals surface area contributed by atoms with Crippen molar-refractivity contribution in [3.05, 3.63) is 47.8 Å². The van der Waals surface area contributed by atoms with Crippen molar-refractivity contribution >= 4 is 0 Å². The molecule has 1 unspecified atom stereocenters. The predicted molar refractivity (Wildman–Crippen MR) is 72.2 cm³/mol. The van der Waals surface area contributed by atoms with E-state index < -0.39 is 0 Å². The van der Waals surface area contributed by atoms with Crippen LogP contribution in [0.3, 0.4) is 0 Å². The predicted octanol–water partition coefficient (Wildman–Crippen LogP) is 2.33. The van der Waals surface area contributed by atoms with E-state index in [2.05, 4.69) is 22.3 Å². The number of likely N-dealkylation sites (N-methyl/N-ethyl adjacent to an activating group) is 1. The van der Waals surface area contributed by atoms with E-state index in [9.17, 15) is 4.39 Å². The second-order valence-corrected chi connectivity index (χ2v) is 4.47. The molecule has 0 saturated carbocycles. The molecule has 0 bridgehead atoms. The highest BCUT2D eigenvalue weighted by atomic mass is 19.1. The fourth-order valence-electron chi connectivity index (χ4n) is 2.15. The standard InChI is InChI=1S/C14H19FN4/c1-3-8-19-14(17-10-18-19)9-13(16-2)11-6-4-5-7-12(11)15/h4-7,10,13,16H,3,8-9H2,1-2H3. The maximum absolute atomic E-state index is 13.8. The zero-order chi connectivity index (χ0) is 13.7. The Morgan fingerprint density at radius 3 is 2.84 bits per heavy atom. The number of aromatic nitrogens is 3. The van der Waals surface area contributed by atoms with Gasteiger partial charge in [-0.05, 0) is 19.5 Å². The first-order valence-electron chi connectivity index (χ1n) is 6.54. The Kier molecular flexibility index (Phi) is 4.63. The first kappa shape index (κ1) is 13.7. The number of hydrogen-bond donors (Lipinski definition) is 1. The highest BCUT2D eigenvalue weighted by molar-refractivity contribution is 5.22. The molecule has 0 aliphatic heterocycles. The lowest BCUT2D eigenvalue weighted by atomic mass is 10.0. The topological polar surface area (TPSA) is 42.7 Å². The summed E-state index contributed by atoms with van der Waals surface area (Å²) in [5, 5.41) is 7.34. The molecule has 0 fully saturated rings. The van der Waals surface area contributed by atoms with E-state index in [0.29, 0.717) is 12.0 Å². The first-order chi connectivity index (χ1) is 9.26. The summed E-state index contributed by atoms with van der Waals surface area (Å²) in [6.45, 7) is 2.93. The molecule has 1 N–H and O–H groups in total. The number of benzene rings is 1. The lowest BCUT2D eigenvalue weighted by Crippen LogP contribution is -2.22. The summed E-state index contributed by atoms with van der Waals surface area (Å²) in [4.78, 5) is 4.27. The van der Waals surface area contributed by atoms with Gasteiger partial charge in [-0.25, -0.2) is 9.37 Å². The number of halogens is 1. The van der Waals surface area contributed by atoms with Gasteiger partial charge < -0.3 is 5.32 Å². The van der Waals surface area contributed by atoms with Crippen LogP contribution in [-0.2, 0) is 13.0 Å². The van der Waals surface area contributed by atoms with Crippen molar-refractivity contribution < 1.29 is 4.39 Å². The average Bonchev–Trinajstić information content (AvgIpc) is 2.85. The van der Waals surface area contributed by atoms with Crippen molar-refractivity contribution in [3.63, 3.8) is 0 Å². The van der Waals surface area contributed by atoms with Crippen molar-refractivity contribution in [2.24, 2.45) is 0 Å². The summed E-state index contributed by atoms with van der Waals surface area (Å²) in [7, 11) is 1.83. The van der Waals surface area contributed by atoms with Gasteiger partial charge in [0, 0.05) is 24.6 Å². The highest BCUT2D eigenvalue weighted by Crippen LogP contribution is 2.20. The first-order valence-corrected chi connectivity index (χ1v) is 6.54. The van der Waals surface area contributed by atoms with Gasteiger partial charge in [0.2, 0.25) is 0 Å². The molecule has 19 heavy (non-hydrogen) atoms. The quantitative estimate of drug-likeness (QED) is 0.869. The van der Waals surface area contributed by atoms with E-state index in [1.54, 1.807) is 18.5 Å². The van der Waals surface area contributed by atoms with Crippen LogP contribution in [-0.4, -0.2) is 21.8 Å². The van der Waals surface area contributed by atoms with Gasteiger partial charge in [-0.3, -0.25) is 4.68 Å². The molecular formula is C14H19FN4. The largest absolute Gasteiger partial charge is 0.313 e. The summed E-state index contributed by atoms with van der Waals surface area (Å²) in [6, 6.07) is 6.74. The molecule has 2 aromatic rings. The van der Waals surface area contributed by atoms with Crippen molar-refractivity contribution in [2.75, 3.05) is 7.05 Å². The Labute approximate surface area is 112 Å². The van der Waals surface area contributed by atoms with Crippen molar-refractivity contribution in [3.8, 4) is 0 Å². The van der Waals surface area contributed by atoms with Gasteiger partial charge >= 0.3 is 0 Å². The van der Waals surface area contributed by atoms with Gasteiger partial charge in [0.15, 0.2) is 0 Å². The molecule has 0 aliphatic carbocycles. The van der Waals surface area contributed by atoms with E-state index >= 15 is 0 Å². The summed E-state index contributed by atoms with van der Waals surface area (Å²) in [6.07, 6.45) is 3.18. The summed E-state index contributed by atoms with van der Waals surface area (Å²) < 4.78 is 15.7. The number of hydrogen-bond acceptors (Lipinski definition) is 3. The minimum Gasteiger partial charge on any atom is -0.313 e. The Morgan fingerprint density at radius 2 is 2.16 bits per heavy atom. The third-order valence-corrected chi connectivity index (χ3v) is 3.15. The van der Waals surface area contributed by atoms with Gasteiger partial charge in [-0.2, -0.15) is 5.10 Å². The van der Waals surface area contributed by atoms with Crippen LogP contribution in [0.5, 0.6) is 0 Å². The number of nitrogens with one attached hydrogen (secondary N) is 1. The molecule has 4 nitrogen and oxygen atoms in total. The number of aryl methyl sites for hydroxylation is 1. The monoisotopic (exact) mass is 262 g/mol. The zero-order valence-electron chi connectivity index (χ0n) is 11.3.